The van der Waals surface area contributed by atoms with Crippen LogP contribution in [0.15, 0.2) is 18.2 Å². The number of piperazine rings is 1. The zero-order chi connectivity index (χ0) is 14.7. The van der Waals surface area contributed by atoms with Gasteiger partial charge < -0.3 is 10.2 Å². The molecule has 0 aromatic heterocycles. The first-order chi connectivity index (χ1) is 9.52. The van der Waals surface area contributed by atoms with Crippen LogP contribution in [0.1, 0.15) is 25.3 Å². The fourth-order valence-electron chi connectivity index (χ4n) is 2.27. The number of carbonyl (C=O) groups excluding carboxylic acids is 2. The van der Waals surface area contributed by atoms with Crippen LogP contribution in [0.3, 0.4) is 0 Å². The topological polar surface area (TPSA) is 49.4 Å². The SMILES string of the molecule is CCCC1NC(=O)CN(Cc2cccc(F)c2Cl)C1=O. The number of hydrogen-bond acceptors (Lipinski definition) is 2. The molecule has 2 amide bonds. The van der Waals surface area contributed by atoms with Gasteiger partial charge in [-0.3, -0.25) is 9.59 Å². The van der Waals surface area contributed by atoms with Gasteiger partial charge in [-0.15, -0.1) is 0 Å². The molecule has 0 saturated carbocycles. The maximum atomic E-state index is 13.4. The van der Waals surface area contributed by atoms with E-state index in [4.69, 9.17) is 11.6 Å². The van der Waals surface area contributed by atoms with Crippen molar-refractivity contribution in [2.45, 2.75) is 32.4 Å². The summed E-state index contributed by atoms with van der Waals surface area (Å²) in [6, 6.07) is 3.96. The normalized spacial score (nSPS) is 19.1. The zero-order valence-electron chi connectivity index (χ0n) is 11.2. The molecule has 1 N–H and O–H groups in total. The highest BCUT2D eigenvalue weighted by atomic mass is 35.5. The second-order valence-corrected chi connectivity index (χ2v) is 5.19. The van der Waals surface area contributed by atoms with Crippen molar-refractivity contribution in [1.82, 2.24) is 10.2 Å². The Bertz CT molecular complexity index is 536. The van der Waals surface area contributed by atoms with E-state index in [0.717, 1.165) is 6.42 Å². The molecule has 1 unspecified atom stereocenters. The lowest BCUT2D eigenvalue weighted by Gasteiger charge is -2.32. The van der Waals surface area contributed by atoms with Gasteiger partial charge in [0.25, 0.3) is 0 Å². The molecule has 0 spiro atoms. The molecule has 0 radical (unpaired) electrons. The number of carbonyl (C=O) groups is 2. The van der Waals surface area contributed by atoms with Crippen LogP contribution in [0.5, 0.6) is 0 Å². The second kappa shape index (κ2) is 6.22. The Morgan fingerprint density at radius 3 is 2.90 bits per heavy atom. The van der Waals surface area contributed by atoms with Gasteiger partial charge in [0.05, 0.1) is 11.6 Å². The van der Waals surface area contributed by atoms with Gasteiger partial charge in [-0.25, -0.2) is 4.39 Å². The molecule has 6 heteroatoms. The summed E-state index contributed by atoms with van der Waals surface area (Å²) in [4.78, 5) is 25.3. The molecule has 108 valence electrons. The van der Waals surface area contributed by atoms with E-state index in [0.29, 0.717) is 12.0 Å². The minimum absolute atomic E-state index is 0.00155. The summed E-state index contributed by atoms with van der Waals surface area (Å²) >= 11 is 5.88. The van der Waals surface area contributed by atoms with Gasteiger partial charge in [0.1, 0.15) is 11.9 Å². The quantitative estimate of drug-likeness (QED) is 0.925. The summed E-state index contributed by atoms with van der Waals surface area (Å²) in [5.41, 5.74) is 0.505. The van der Waals surface area contributed by atoms with Crippen LogP contribution < -0.4 is 5.32 Å². The summed E-state index contributed by atoms with van der Waals surface area (Å²) in [7, 11) is 0. The fourth-order valence-corrected chi connectivity index (χ4v) is 2.45. The molecule has 20 heavy (non-hydrogen) atoms. The van der Waals surface area contributed by atoms with E-state index in [1.54, 1.807) is 6.07 Å². The lowest BCUT2D eigenvalue weighted by molar-refractivity contribution is -0.145. The monoisotopic (exact) mass is 298 g/mol. The maximum Gasteiger partial charge on any atom is 0.245 e. The molecule has 4 nitrogen and oxygen atoms in total. The largest absolute Gasteiger partial charge is 0.343 e. The molecule has 1 aromatic rings. The molecule has 1 aromatic carbocycles. The third-order valence-corrected chi connectivity index (χ3v) is 3.67. The third kappa shape index (κ3) is 3.10. The Labute approximate surface area is 121 Å². The van der Waals surface area contributed by atoms with Crippen LogP contribution in [0.2, 0.25) is 5.02 Å². The molecule has 0 aliphatic carbocycles. The smallest absolute Gasteiger partial charge is 0.245 e. The van der Waals surface area contributed by atoms with E-state index < -0.39 is 11.9 Å². The number of nitrogens with one attached hydrogen (secondary N) is 1. The van der Waals surface area contributed by atoms with Gasteiger partial charge in [0.2, 0.25) is 11.8 Å². The minimum atomic E-state index is -0.525. The minimum Gasteiger partial charge on any atom is -0.343 e. The standard InChI is InChI=1S/C14H16ClFN2O2/c1-2-4-11-14(20)18(8-12(19)17-11)7-9-5-3-6-10(16)13(9)15/h3,5-6,11H,2,4,7-8H2,1H3,(H,17,19). The van der Waals surface area contributed by atoms with Crippen molar-refractivity contribution in [2.75, 3.05) is 6.54 Å². The van der Waals surface area contributed by atoms with Crippen LogP contribution in [0, 0.1) is 5.82 Å². The lowest BCUT2D eigenvalue weighted by Crippen LogP contribution is -2.57. The lowest BCUT2D eigenvalue weighted by atomic mass is 10.1. The van der Waals surface area contributed by atoms with E-state index in [9.17, 15) is 14.0 Å². The number of amides is 2. The summed E-state index contributed by atoms with van der Waals surface area (Å²) in [5.74, 6) is -0.870. The summed E-state index contributed by atoms with van der Waals surface area (Å²) < 4.78 is 13.4. The van der Waals surface area contributed by atoms with Crippen molar-refractivity contribution >= 4 is 23.4 Å². The molecule has 2 rings (SSSR count). The molecule has 1 atom stereocenters. The number of rotatable bonds is 4. The average Bonchev–Trinajstić information content (AvgIpc) is 2.40. The molecular formula is C14H16ClFN2O2. The van der Waals surface area contributed by atoms with E-state index in [2.05, 4.69) is 5.32 Å². The average molecular weight is 299 g/mol. The van der Waals surface area contributed by atoms with Gasteiger partial charge in [-0.2, -0.15) is 0 Å². The summed E-state index contributed by atoms with van der Waals surface area (Å²) in [6.07, 6.45) is 1.39. The first kappa shape index (κ1) is 14.8. The second-order valence-electron chi connectivity index (χ2n) is 4.82. The Morgan fingerprint density at radius 2 is 2.20 bits per heavy atom. The molecule has 1 aliphatic rings. The van der Waals surface area contributed by atoms with Gasteiger partial charge >= 0.3 is 0 Å². The van der Waals surface area contributed by atoms with E-state index >= 15 is 0 Å². The predicted molar refractivity (Wildman–Crippen MR) is 73.7 cm³/mol. The van der Waals surface area contributed by atoms with E-state index in [1.165, 1.54) is 17.0 Å². The third-order valence-electron chi connectivity index (χ3n) is 3.25. The maximum absolute atomic E-state index is 13.4. The van der Waals surface area contributed by atoms with Crippen LogP contribution in [-0.2, 0) is 16.1 Å². The first-order valence-electron chi connectivity index (χ1n) is 6.54. The Balaban J connectivity index is 2.17. The van der Waals surface area contributed by atoms with Crippen molar-refractivity contribution < 1.29 is 14.0 Å². The number of hydrogen-bond donors (Lipinski definition) is 1. The van der Waals surface area contributed by atoms with Gasteiger partial charge in [0, 0.05) is 6.54 Å². The van der Waals surface area contributed by atoms with Crippen LogP contribution in [0.4, 0.5) is 4.39 Å². The Morgan fingerprint density at radius 1 is 1.45 bits per heavy atom. The summed E-state index contributed by atoms with van der Waals surface area (Å²) in [5, 5.41) is 2.67. The fraction of sp³-hybridized carbons (Fsp3) is 0.429. The van der Waals surface area contributed by atoms with Crippen molar-refractivity contribution in [1.29, 1.82) is 0 Å². The van der Waals surface area contributed by atoms with Crippen molar-refractivity contribution in [3.63, 3.8) is 0 Å². The highest BCUT2D eigenvalue weighted by Crippen LogP contribution is 2.22. The van der Waals surface area contributed by atoms with Crippen molar-refractivity contribution in [3.8, 4) is 0 Å². The summed E-state index contributed by atoms with van der Waals surface area (Å²) in [6.45, 7) is 2.07. The van der Waals surface area contributed by atoms with E-state index in [1.807, 2.05) is 6.92 Å². The Kier molecular flexibility index (Phi) is 4.60. The van der Waals surface area contributed by atoms with Gasteiger partial charge in [-0.05, 0) is 18.1 Å². The molecule has 1 saturated heterocycles. The highest BCUT2D eigenvalue weighted by Gasteiger charge is 2.32. The van der Waals surface area contributed by atoms with E-state index in [-0.39, 0.29) is 29.9 Å². The number of benzene rings is 1. The van der Waals surface area contributed by atoms with Gasteiger partial charge in [-0.1, -0.05) is 37.1 Å². The number of halogens is 2. The van der Waals surface area contributed by atoms with Crippen molar-refractivity contribution in [3.05, 3.63) is 34.6 Å². The molecule has 1 aliphatic heterocycles. The zero-order valence-corrected chi connectivity index (χ0v) is 11.9. The molecular weight excluding hydrogens is 283 g/mol. The van der Waals surface area contributed by atoms with Crippen LogP contribution in [0.25, 0.3) is 0 Å². The number of nitrogens with zero attached hydrogens (tertiary/aromatic N) is 1. The van der Waals surface area contributed by atoms with Crippen molar-refractivity contribution in [2.24, 2.45) is 0 Å². The highest BCUT2D eigenvalue weighted by molar-refractivity contribution is 6.31. The molecule has 1 fully saturated rings. The Hall–Kier alpha value is -1.62. The van der Waals surface area contributed by atoms with Gasteiger partial charge in [0.15, 0.2) is 0 Å². The van der Waals surface area contributed by atoms with Crippen LogP contribution >= 0.6 is 11.6 Å². The predicted octanol–water partition coefficient (Wildman–Crippen LogP) is 2.11. The molecule has 0 bridgehead atoms. The van der Waals surface area contributed by atoms with Crippen LogP contribution in [-0.4, -0.2) is 29.3 Å². The molecule has 1 heterocycles. The first-order valence-corrected chi connectivity index (χ1v) is 6.91.